The molecule has 88 valence electrons. The summed E-state index contributed by atoms with van der Waals surface area (Å²) in [6, 6.07) is 0. The van der Waals surface area contributed by atoms with Crippen molar-refractivity contribution in [1.82, 2.24) is 4.90 Å². The Labute approximate surface area is 93.3 Å². The minimum absolute atomic E-state index is 0.0767. The van der Waals surface area contributed by atoms with Crippen LogP contribution in [-0.4, -0.2) is 30.4 Å². The topological polar surface area (TPSA) is 46.3 Å². The third-order valence-electron chi connectivity index (χ3n) is 2.42. The lowest BCUT2D eigenvalue weighted by atomic mass is 10.0. The van der Waals surface area contributed by atoms with E-state index in [1.807, 2.05) is 25.7 Å². The molecule has 0 rings (SSSR count). The van der Waals surface area contributed by atoms with E-state index in [9.17, 15) is 4.79 Å². The van der Waals surface area contributed by atoms with Gasteiger partial charge in [-0.1, -0.05) is 19.1 Å². The molecular formula is C12H24N2O. The number of hydrogen-bond acceptors (Lipinski definition) is 2. The van der Waals surface area contributed by atoms with Crippen LogP contribution in [0.4, 0.5) is 0 Å². The molecule has 0 bridgehead atoms. The summed E-state index contributed by atoms with van der Waals surface area (Å²) in [7, 11) is 0. The van der Waals surface area contributed by atoms with E-state index in [1.54, 1.807) is 0 Å². The fraction of sp³-hybridized carbons (Fsp3) is 0.750. The molecule has 0 aromatic rings. The lowest BCUT2D eigenvalue weighted by molar-refractivity contribution is -0.134. The standard InChI is InChI=1S/C12H24N2O/c1-5-14(9-10(2)3)12(15)11(4)7-6-8-13/h11H,2,5-9,13H2,1,3-4H3. The molecule has 1 atom stereocenters. The van der Waals surface area contributed by atoms with Crippen LogP contribution >= 0.6 is 0 Å². The van der Waals surface area contributed by atoms with Crippen molar-refractivity contribution in [2.45, 2.75) is 33.6 Å². The number of nitrogens with zero attached hydrogens (tertiary/aromatic N) is 1. The van der Waals surface area contributed by atoms with Crippen molar-refractivity contribution in [2.24, 2.45) is 11.7 Å². The Hall–Kier alpha value is -0.830. The highest BCUT2D eigenvalue weighted by atomic mass is 16.2. The SMILES string of the molecule is C=C(C)CN(CC)C(=O)C(C)CCCN. The first kappa shape index (κ1) is 14.2. The third-order valence-corrected chi connectivity index (χ3v) is 2.42. The van der Waals surface area contributed by atoms with Crippen LogP contribution < -0.4 is 5.73 Å². The summed E-state index contributed by atoms with van der Waals surface area (Å²) < 4.78 is 0. The zero-order valence-electron chi connectivity index (χ0n) is 10.3. The molecule has 0 aliphatic carbocycles. The van der Waals surface area contributed by atoms with Gasteiger partial charge in [-0.15, -0.1) is 0 Å². The third kappa shape index (κ3) is 5.57. The maximum atomic E-state index is 12.0. The van der Waals surface area contributed by atoms with Crippen LogP contribution in [0.5, 0.6) is 0 Å². The van der Waals surface area contributed by atoms with Gasteiger partial charge < -0.3 is 10.6 Å². The first-order chi connectivity index (χ1) is 7.02. The monoisotopic (exact) mass is 212 g/mol. The molecule has 15 heavy (non-hydrogen) atoms. The number of amides is 1. The van der Waals surface area contributed by atoms with Crippen LogP contribution in [0, 0.1) is 5.92 Å². The molecule has 0 radical (unpaired) electrons. The Kier molecular flexibility index (Phi) is 7.05. The number of likely N-dealkylation sites (N-methyl/N-ethyl adjacent to an activating group) is 1. The summed E-state index contributed by atoms with van der Waals surface area (Å²) in [5.74, 6) is 0.293. The Morgan fingerprint density at radius 3 is 2.53 bits per heavy atom. The van der Waals surface area contributed by atoms with E-state index in [1.165, 1.54) is 0 Å². The summed E-state index contributed by atoms with van der Waals surface area (Å²) in [6.07, 6.45) is 1.79. The quantitative estimate of drug-likeness (QED) is 0.654. The first-order valence-corrected chi connectivity index (χ1v) is 5.66. The molecule has 0 fully saturated rings. The van der Waals surface area contributed by atoms with Crippen molar-refractivity contribution in [3.05, 3.63) is 12.2 Å². The van der Waals surface area contributed by atoms with Crippen molar-refractivity contribution < 1.29 is 4.79 Å². The Balaban J connectivity index is 4.17. The van der Waals surface area contributed by atoms with Gasteiger partial charge in [0.25, 0.3) is 0 Å². The van der Waals surface area contributed by atoms with Crippen LogP contribution in [0.15, 0.2) is 12.2 Å². The molecule has 2 N–H and O–H groups in total. The zero-order valence-corrected chi connectivity index (χ0v) is 10.3. The van der Waals surface area contributed by atoms with E-state index in [0.717, 1.165) is 25.0 Å². The van der Waals surface area contributed by atoms with Crippen LogP contribution in [0.3, 0.4) is 0 Å². The second-order valence-corrected chi connectivity index (χ2v) is 4.14. The highest BCUT2D eigenvalue weighted by molar-refractivity contribution is 5.78. The van der Waals surface area contributed by atoms with Gasteiger partial charge in [0.1, 0.15) is 0 Å². The predicted molar refractivity (Wildman–Crippen MR) is 64.5 cm³/mol. The average Bonchev–Trinajstić information content (AvgIpc) is 2.21. The molecule has 0 aliphatic heterocycles. The van der Waals surface area contributed by atoms with Crippen LogP contribution in [0.1, 0.15) is 33.6 Å². The normalized spacial score (nSPS) is 12.3. The summed E-state index contributed by atoms with van der Waals surface area (Å²) in [5, 5.41) is 0. The molecule has 3 nitrogen and oxygen atoms in total. The number of carbonyl (C=O) groups is 1. The van der Waals surface area contributed by atoms with Crippen molar-refractivity contribution >= 4 is 5.91 Å². The molecule has 0 spiro atoms. The van der Waals surface area contributed by atoms with Gasteiger partial charge in [0.05, 0.1) is 0 Å². The van der Waals surface area contributed by atoms with E-state index >= 15 is 0 Å². The minimum Gasteiger partial charge on any atom is -0.339 e. The molecular weight excluding hydrogens is 188 g/mol. The lowest BCUT2D eigenvalue weighted by Crippen LogP contribution is -2.36. The van der Waals surface area contributed by atoms with Gasteiger partial charge in [-0.3, -0.25) is 4.79 Å². The molecule has 0 aromatic heterocycles. The van der Waals surface area contributed by atoms with Gasteiger partial charge in [-0.25, -0.2) is 0 Å². The highest BCUT2D eigenvalue weighted by Crippen LogP contribution is 2.10. The highest BCUT2D eigenvalue weighted by Gasteiger charge is 2.18. The second-order valence-electron chi connectivity index (χ2n) is 4.14. The summed E-state index contributed by atoms with van der Waals surface area (Å²) in [4.78, 5) is 13.8. The van der Waals surface area contributed by atoms with Crippen LogP contribution in [-0.2, 0) is 4.79 Å². The molecule has 0 aromatic carbocycles. The van der Waals surface area contributed by atoms with E-state index in [2.05, 4.69) is 6.58 Å². The molecule has 0 saturated carbocycles. The van der Waals surface area contributed by atoms with Gasteiger partial charge in [0, 0.05) is 19.0 Å². The summed E-state index contributed by atoms with van der Waals surface area (Å²) in [6.45, 7) is 11.8. The molecule has 0 saturated heterocycles. The molecule has 1 amide bonds. The number of rotatable bonds is 7. The van der Waals surface area contributed by atoms with Crippen LogP contribution in [0.2, 0.25) is 0 Å². The molecule has 1 unspecified atom stereocenters. The average molecular weight is 212 g/mol. The predicted octanol–water partition coefficient (Wildman–Crippen LogP) is 1.79. The van der Waals surface area contributed by atoms with Crippen molar-refractivity contribution in [3.8, 4) is 0 Å². The molecule has 0 aliphatic rings. The first-order valence-electron chi connectivity index (χ1n) is 5.66. The van der Waals surface area contributed by atoms with Crippen molar-refractivity contribution in [2.75, 3.05) is 19.6 Å². The number of hydrogen-bond donors (Lipinski definition) is 1. The smallest absolute Gasteiger partial charge is 0.225 e. The Morgan fingerprint density at radius 2 is 2.13 bits per heavy atom. The van der Waals surface area contributed by atoms with Gasteiger partial charge in [0.15, 0.2) is 0 Å². The van der Waals surface area contributed by atoms with Gasteiger partial charge in [-0.05, 0) is 33.2 Å². The second kappa shape index (κ2) is 7.46. The van der Waals surface area contributed by atoms with E-state index in [-0.39, 0.29) is 11.8 Å². The molecule has 0 heterocycles. The fourth-order valence-electron chi connectivity index (χ4n) is 1.53. The Morgan fingerprint density at radius 1 is 1.53 bits per heavy atom. The zero-order chi connectivity index (χ0) is 11.8. The minimum atomic E-state index is 0.0767. The van der Waals surface area contributed by atoms with Gasteiger partial charge >= 0.3 is 0 Å². The molecule has 3 heteroatoms. The van der Waals surface area contributed by atoms with Crippen molar-refractivity contribution in [3.63, 3.8) is 0 Å². The van der Waals surface area contributed by atoms with Crippen molar-refractivity contribution in [1.29, 1.82) is 0 Å². The van der Waals surface area contributed by atoms with Gasteiger partial charge in [-0.2, -0.15) is 0 Å². The fourth-order valence-corrected chi connectivity index (χ4v) is 1.53. The van der Waals surface area contributed by atoms with E-state index in [4.69, 9.17) is 5.73 Å². The number of nitrogens with two attached hydrogens (primary N) is 1. The maximum Gasteiger partial charge on any atom is 0.225 e. The van der Waals surface area contributed by atoms with Gasteiger partial charge in [0.2, 0.25) is 5.91 Å². The summed E-state index contributed by atoms with van der Waals surface area (Å²) in [5.41, 5.74) is 6.45. The van der Waals surface area contributed by atoms with E-state index < -0.39 is 0 Å². The Bertz CT molecular complexity index is 214. The van der Waals surface area contributed by atoms with Crippen LogP contribution in [0.25, 0.3) is 0 Å². The summed E-state index contributed by atoms with van der Waals surface area (Å²) >= 11 is 0. The maximum absolute atomic E-state index is 12.0. The lowest BCUT2D eigenvalue weighted by Gasteiger charge is -2.24. The number of carbonyl (C=O) groups excluding carboxylic acids is 1. The largest absolute Gasteiger partial charge is 0.339 e. The van der Waals surface area contributed by atoms with E-state index in [0.29, 0.717) is 13.1 Å².